The number of rotatable bonds is 5. The Bertz CT molecular complexity index is 1140. The van der Waals surface area contributed by atoms with Gasteiger partial charge in [0.2, 0.25) is 5.95 Å². The molecule has 2 aromatic carbocycles. The number of hydrogen-bond donors (Lipinski definition) is 2. The number of nitrogens with zero attached hydrogens (tertiary/aromatic N) is 3. The molecule has 8 heteroatoms. The third kappa shape index (κ3) is 4.49. The van der Waals surface area contributed by atoms with E-state index < -0.39 is 17.5 Å². The van der Waals surface area contributed by atoms with Crippen molar-refractivity contribution in [3.05, 3.63) is 59.2 Å². The Labute approximate surface area is 186 Å². The Morgan fingerprint density at radius 2 is 1.66 bits per heavy atom. The molecule has 0 atom stereocenters. The Morgan fingerprint density at radius 1 is 0.969 bits per heavy atom. The number of nitrogens with one attached hydrogen (secondary N) is 2. The average Bonchev–Trinajstić information content (AvgIpc) is 2.78. The van der Waals surface area contributed by atoms with Gasteiger partial charge in [0.05, 0.1) is 11.1 Å². The molecule has 2 N–H and O–H groups in total. The number of aryl methyl sites for hydroxylation is 1. The molecule has 1 heterocycles. The van der Waals surface area contributed by atoms with Gasteiger partial charge in [-0.3, -0.25) is 4.79 Å². The number of anilines is 2. The fraction of sp³-hybridized carbons (Fsp3) is 0.375. The molecule has 1 aromatic heterocycles. The van der Waals surface area contributed by atoms with Crippen molar-refractivity contribution in [2.24, 2.45) is 0 Å². The van der Waals surface area contributed by atoms with E-state index >= 15 is 0 Å². The number of hydrogen-bond acceptors (Lipinski definition) is 5. The van der Waals surface area contributed by atoms with Crippen LogP contribution in [-0.2, 0) is 0 Å². The quantitative estimate of drug-likeness (QED) is 0.615. The van der Waals surface area contributed by atoms with Crippen LogP contribution in [0.15, 0.2) is 36.4 Å². The number of carbonyl (C=O) groups excluding carboxylic acids is 1. The minimum absolute atomic E-state index is 0.0841. The van der Waals surface area contributed by atoms with Crippen molar-refractivity contribution >= 4 is 28.6 Å². The van der Waals surface area contributed by atoms with Gasteiger partial charge in [-0.15, -0.1) is 0 Å². The molecule has 32 heavy (non-hydrogen) atoms. The molecule has 1 saturated carbocycles. The maximum atomic E-state index is 14.1. The molecular weight excluding hydrogens is 412 g/mol. The fourth-order valence-corrected chi connectivity index (χ4v) is 4.11. The van der Waals surface area contributed by atoms with Crippen LogP contribution in [0, 0.1) is 18.6 Å². The lowest BCUT2D eigenvalue weighted by molar-refractivity contribution is 0.0921. The minimum Gasteiger partial charge on any atom is -0.362 e. The largest absolute Gasteiger partial charge is 0.362 e. The second kappa shape index (κ2) is 9.06. The number of carbonyl (C=O) groups is 1. The lowest BCUT2D eigenvalue weighted by atomic mass is 9.91. The number of para-hydroxylation sites is 1. The summed E-state index contributed by atoms with van der Waals surface area (Å²) >= 11 is 0. The van der Waals surface area contributed by atoms with E-state index in [1.807, 2.05) is 43.3 Å². The van der Waals surface area contributed by atoms with Gasteiger partial charge in [-0.1, -0.05) is 18.2 Å². The van der Waals surface area contributed by atoms with Crippen molar-refractivity contribution in [3.63, 3.8) is 0 Å². The molecule has 0 saturated heterocycles. The highest BCUT2D eigenvalue weighted by molar-refractivity contribution is 5.94. The summed E-state index contributed by atoms with van der Waals surface area (Å²) in [7, 11) is 3.91. The van der Waals surface area contributed by atoms with Crippen molar-refractivity contribution < 1.29 is 13.6 Å². The molecule has 0 radical (unpaired) electrons. The average molecular weight is 440 g/mol. The summed E-state index contributed by atoms with van der Waals surface area (Å²) in [5.41, 5.74) is 0.801. The third-order valence-electron chi connectivity index (χ3n) is 5.92. The van der Waals surface area contributed by atoms with Gasteiger partial charge < -0.3 is 15.5 Å². The molecule has 1 aliphatic carbocycles. The zero-order valence-corrected chi connectivity index (χ0v) is 18.5. The highest BCUT2D eigenvalue weighted by atomic mass is 19.2. The van der Waals surface area contributed by atoms with Crippen LogP contribution in [0.1, 0.15) is 41.6 Å². The first kappa shape index (κ1) is 21.9. The fourth-order valence-electron chi connectivity index (χ4n) is 4.11. The molecule has 1 fully saturated rings. The predicted octanol–water partition coefficient (Wildman–Crippen LogP) is 4.44. The second-order valence-electron chi connectivity index (χ2n) is 8.51. The summed E-state index contributed by atoms with van der Waals surface area (Å²) < 4.78 is 27.9. The Morgan fingerprint density at radius 3 is 2.38 bits per heavy atom. The highest BCUT2D eigenvalue weighted by Gasteiger charge is 2.25. The Hall–Kier alpha value is -3.29. The summed E-state index contributed by atoms with van der Waals surface area (Å²) in [6.45, 7) is 1.47. The maximum Gasteiger partial charge on any atom is 0.254 e. The van der Waals surface area contributed by atoms with Gasteiger partial charge in [-0.25, -0.2) is 13.8 Å². The second-order valence-corrected chi connectivity index (χ2v) is 8.51. The van der Waals surface area contributed by atoms with Crippen molar-refractivity contribution in [3.8, 4) is 0 Å². The summed E-state index contributed by atoms with van der Waals surface area (Å²) in [6.07, 6.45) is 3.08. The molecule has 0 unspecified atom stereocenters. The first-order chi connectivity index (χ1) is 15.3. The van der Waals surface area contributed by atoms with E-state index in [0.717, 1.165) is 42.4 Å². The number of halogens is 2. The predicted molar refractivity (Wildman–Crippen MR) is 122 cm³/mol. The number of amides is 1. The molecule has 1 aliphatic rings. The molecule has 0 bridgehead atoms. The van der Waals surface area contributed by atoms with Crippen molar-refractivity contribution in [1.29, 1.82) is 0 Å². The van der Waals surface area contributed by atoms with Gasteiger partial charge in [0, 0.05) is 31.6 Å². The van der Waals surface area contributed by atoms with Crippen LogP contribution in [0.4, 0.5) is 20.5 Å². The molecule has 0 aliphatic heterocycles. The summed E-state index contributed by atoms with van der Waals surface area (Å²) in [5.74, 6) is -1.21. The van der Waals surface area contributed by atoms with E-state index in [1.54, 1.807) is 0 Å². The number of aromatic nitrogens is 2. The minimum atomic E-state index is -1.09. The van der Waals surface area contributed by atoms with Crippen LogP contribution in [-0.4, -0.2) is 42.1 Å². The summed E-state index contributed by atoms with van der Waals surface area (Å²) in [5, 5.41) is 7.26. The molecular formula is C24H27F2N5O. The molecule has 0 spiro atoms. The molecule has 168 valence electrons. The van der Waals surface area contributed by atoms with E-state index in [4.69, 9.17) is 0 Å². The van der Waals surface area contributed by atoms with Gasteiger partial charge >= 0.3 is 0 Å². The van der Waals surface area contributed by atoms with E-state index in [1.165, 1.54) is 19.1 Å². The molecule has 3 aromatic rings. The lowest BCUT2D eigenvalue weighted by Gasteiger charge is -2.30. The third-order valence-corrected chi connectivity index (χ3v) is 5.92. The number of benzene rings is 2. The molecule has 6 nitrogen and oxygen atoms in total. The maximum absolute atomic E-state index is 14.1. The van der Waals surface area contributed by atoms with Gasteiger partial charge in [0.15, 0.2) is 11.6 Å². The molecule has 4 rings (SSSR count). The van der Waals surface area contributed by atoms with Crippen molar-refractivity contribution in [2.75, 3.05) is 24.3 Å². The van der Waals surface area contributed by atoms with E-state index in [-0.39, 0.29) is 23.2 Å². The SMILES string of the molecule is Cc1ccc(C(=O)N[C@H]2CC[C@@H](Nc3nc(N(C)C)c4ccccc4n3)CC2)c(F)c1F. The van der Waals surface area contributed by atoms with E-state index in [9.17, 15) is 13.6 Å². The first-order valence-corrected chi connectivity index (χ1v) is 10.8. The van der Waals surface area contributed by atoms with Gasteiger partial charge in [0.1, 0.15) is 5.82 Å². The topological polar surface area (TPSA) is 70.2 Å². The Kier molecular flexibility index (Phi) is 6.21. The zero-order valence-electron chi connectivity index (χ0n) is 18.5. The summed E-state index contributed by atoms with van der Waals surface area (Å²) in [4.78, 5) is 23.7. The standard InChI is InChI=1S/C24H27F2N5O/c1-14-8-13-18(21(26)20(14)25)23(32)27-15-9-11-16(12-10-15)28-24-29-19-7-5-4-6-17(19)22(30-24)31(2)3/h4-8,13,15-16H,9-12H2,1-3H3,(H,27,32)(H,28,29,30)/t15-,16+. The van der Waals surface area contributed by atoms with Gasteiger partial charge in [0.25, 0.3) is 5.91 Å². The van der Waals surface area contributed by atoms with Gasteiger partial charge in [-0.2, -0.15) is 4.98 Å². The van der Waals surface area contributed by atoms with Crippen LogP contribution in [0.3, 0.4) is 0 Å². The van der Waals surface area contributed by atoms with Crippen LogP contribution < -0.4 is 15.5 Å². The van der Waals surface area contributed by atoms with E-state index in [0.29, 0.717) is 5.95 Å². The van der Waals surface area contributed by atoms with Crippen LogP contribution >= 0.6 is 0 Å². The monoisotopic (exact) mass is 439 g/mol. The highest BCUT2D eigenvalue weighted by Crippen LogP contribution is 2.26. The normalized spacial score (nSPS) is 18.4. The van der Waals surface area contributed by atoms with Gasteiger partial charge in [-0.05, 0) is 56.4 Å². The summed E-state index contributed by atoms with van der Waals surface area (Å²) in [6, 6.07) is 10.7. The van der Waals surface area contributed by atoms with Crippen LogP contribution in [0.5, 0.6) is 0 Å². The first-order valence-electron chi connectivity index (χ1n) is 10.8. The molecule has 1 amide bonds. The Balaban J connectivity index is 1.38. The van der Waals surface area contributed by atoms with E-state index in [2.05, 4.69) is 20.6 Å². The number of fused-ring (bicyclic) bond motifs is 1. The smallest absolute Gasteiger partial charge is 0.254 e. The zero-order chi connectivity index (χ0) is 22.8. The lowest BCUT2D eigenvalue weighted by Crippen LogP contribution is -2.40. The van der Waals surface area contributed by atoms with Crippen LogP contribution in [0.25, 0.3) is 10.9 Å². The van der Waals surface area contributed by atoms with Crippen molar-refractivity contribution in [2.45, 2.75) is 44.7 Å². The van der Waals surface area contributed by atoms with Crippen LogP contribution in [0.2, 0.25) is 0 Å². The van der Waals surface area contributed by atoms with Crippen molar-refractivity contribution in [1.82, 2.24) is 15.3 Å².